The highest BCUT2D eigenvalue weighted by Crippen LogP contribution is 2.26. The van der Waals surface area contributed by atoms with Crippen molar-refractivity contribution in [1.82, 2.24) is 14.8 Å². The molecule has 1 N–H and O–H groups in total. The Morgan fingerprint density at radius 1 is 1.38 bits per heavy atom. The topological polar surface area (TPSA) is 59.8 Å². The number of nitrogens with zero attached hydrogens (tertiary/aromatic N) is 3. The van der Waals surface area contributed by atoms with Crippen LogP contribution in [-0.4, -0.2) is 20.7 Å². The number of rotatable bonds is 4. The van der Waals surface area contributed by atoms with Crippen molar-refractivity contribution < 1.29 is 4.79 Å². The molecule has 0 saturated carbocycles. The predicted octanol–water partition coefficient (Wildman–Crippen LogP) is 3.46. The fourth-order valence-electron chi connectivity index (χ4n) is 2.08. The van der Waals surface area contributed by atoms with Crippen molar-refractivity contribution in [2.75, 3.05) is 5.32 Å². The average Bonchev–Trinajstić information content (AvgIpc) is 3.05. The van der Waals surface area contributed by atoms with E-state index < -0.39 is 0 Å². The number of benzene rings is 1. The van der Waals surface area contributed by atoms with Crippen LogP contribution in [0.25, 0.3) is 10.2 Å². The van der Waals surface area contributed by atoms with Gasteiger partial charge >= 0.3 is 0 Å². The zero-order valence-corrected chi connectivity index (χ0v) is 12.8. The maximum Gasteiger partial charge on any atom is 0.277 e. The molecule has 3 rings (SSSR count). The highest BCUT2D eigenvalue weighted by Gasteiger charge is 2.12. The Balaban J connectivity index is 1.78. The lowest BCUT2D eigenvalue weighted by atomic mass is 10.2. The van der Waals surface area contributed by atoms with Gasteiger partial charge in [-0.05, 0) is 37.1 Å². The number of aryl methyl sites for hydroxylation is 2. The second kappa shape index (κ2) is 5.65. The fraction of sp³-hybridized carbons (Fsp3) is 0.267. The second-order valence-corrected chi connectivity index (χ2v) is 5.94. The number of carbonyl (C=O) groups is 1. The van der Waals surface area contributed by atoms with E-state index in [1.807, 2.05) is 25.3 Å². The van der Waals surface area contributed by atoms with Crippen LogP contribution >= 0.6 is 11.3 Å². The van der Waals surface area contributed by atoms with Gasteiger partial charge in [0.1, 0.15) is 0 Å². The molecule has 6 heteroatoms. The zero-order valence-electron chi connectivity index (χ0n) is 12.0. The molecule has 108 valence electrons. The smallest absolute Gasteiger partial charge is 0.277 e. The largest absolute Gasteiger partial charge is 0.296 e. The normalized spacial score (nSPS) is 11.0. The van der Waals surface area contributed by atoms with Crippen LogP contribution in [0, 0.1) is 6.92 Å². The second-order valence-electron chi connectivity index (χ2n) is 4.91. The summed E-state index contributed by atoms with van der Waals surface area (Å²) in [7, 11) is 0. The molecule has 3 aromatic rings. The number of hydrogen-bond acceptors (Lipinski definition) is 4. The van der Waals surface area contributed by atoms with E-state index in [9.17, 15) is 4.79 Å². The summed E-state index contributed by atoms with van der Waals surface area (Å²) >= 11 is 1.47. The van der Waals surface area contributed by atoms with E-state index in [1.54, 1.807) is 10.7 Å². The van der Waals surface area contributed by atoms with Crippen molar-refractivity contribution in [3.05, 3.63) is 41.7 Å². The number of thiazole rings is 1. The van der Waals surface area contributed by atoms with Crippen LogP contribution in [0.5, 0.6) is 0 Å². The van der Waals surface area contributed by atoms with Crippen LogP contribution in [0.15, 0.2) is 30.5 Å². The molecule has 0 aliphatic rings. The van der Waals surface area contributed by atoms with Gasteiger partial charge in [0.25, 0.3) is 5.91 Å². The highest BCUT2D eigenvalue weighted by atomic mass is 32.1. The third-order valence-electron chi connectivity index (χ3n) is 3.09. The van der Waals surface area contributed by atoms with Crippen LogP contribution in [-0.2, 0) is 6.54 Å². The lowest BCUT2D eigenvalue weighted by molar-refractivity contribution is 0.102. The molecular formula is C15H16N4OS. The summed E-state index contributed by atoms with van der Waals surface area (Å²) in [6.07, 6.45) is 2.81. The number of fused-ring (bicyclic) bond motifs is 1. The minimum Gasteiger partial charge on any atom is -0.296 e. The molecule has 0 aliphatic carbocycles. The minimum atomic E-state index is -0.222. The first-order chi connectivity index (χ1) is 10.2. The van der Waals surface area contributed by atoms with Crippen LogP contribution in [0.1, 0.15) is 29.4 Å². The molecular weight excluding hydrogens is 284 g/mol. The lowest BCUT2D eigenvalue weighted by Gasteiger charge is -1.98. The van der Waals surface area contributed by atoms with Gasteiger partial charge in [-0.25, -0.2) is 4.98 Å². The molecule has 0 saturated heterocycles. The van der Waals surface area contributed by atoms with Crippen LogP contribution in [0.4, 0.5) is 5.13 Å². The van der Waals surface area contributed by atoms with E-state index >= 15 is 0 Å². The number of carbonyl (C=O) groups excluding carboxylic acids is 1. The summed E-state index contributed by atoms with van der Waals surface area (Å²) < 4.78 is 2.85. The summed E-state index contributed by atoms with van der Waals surface area (Å²) in [5, 5.41) is 7.66. The SMILES string of the molecule is CCCn1ccc(C(=O)Nc2nc3ccc(C)cc3s2)n1. The maximum absolute atomic E-state index is 12.2. The Hall–Kier alpha value is -2.21. The summed E-state index contributed by atoms with van der Waals surface area (Å²) in [4.78, 5) is 16.6. The molecule has 1 amide bonds. The van der Waals surface area contributed by atoms with E-state index in [-0.39, 0.29) is 5.91 Å². The number of nitrogens with one attached hydrogen (secondary N) is 1. The van der Waals surface area contributed by atoms with E-state index in [4.69, 9.17) is 0 Å². The van der Waals surface area contributed by atoms with Crippen LogP contribution in [0.3, 0.4) is 0 Å². The van der Waals surface area contributed by atoms with Gasteiger partial charge in [-0.3, -0.25) is 14.8 Å². The van der Waals surface area contributed by atoms with E-state index in [0.29, 0.717) is 10.8 Å². The summed E-state index contributed by atoms with van der Waals surface area (Å²) in [6, 6.07) is 7.77. The molecule has 0 bridgehead atoms. The van der Waals surface area contributed by atoms with E-state index in [2.05, 4.69) is 28.4 Å². The molecule has 0 fully saturated rings. The summed E-state index contributed by atoms with van der Waals surface area (Å²) in [5.41, 5.74) is 2.50. The third kappa shape index (κ3) is 2.95. The first kappa shape index (κ1) is 13.8. The van der Waals surface area contributed by atoms with Crippen molar-refractivity contribution in [3.8, 4) is 0 Å². The molecule has 0 aliphatic heterocycles. The van der Waals surface area contributed by atoms with Crippen LogP contribution in [0.2, 0.25) is 0 Å². The molecule has 0 unspecified atom stereocenters. The third-order valence-corrected chi connectivity index (χ3v) is 4.02. The Morgan fingerprint density at radius 3 is 3.05 bits per heavy atom. The first-order valence-corrected chi connectivity index (χ1v) is 7.69. The van der Waals surface area contributed by atoms with Gasteiger partial charge in [0.2, 0.25) is 0 Å². The zero-order chi connectivity index (χ0) is 14.8. The molecule has 5 nitrogen and oxygen atoms in total. The number of hydrogen-bond donors (Lipinski definition) is 1. The molecule has 0 radical (unpaired) electrons. The van der Waals surface area contributed by atoms with Gasteiger partial charge in [0.05, 0.1) is 10.2 Å². The van der Waals surface area contributed by atoms with Gasteiger partial charge in [0.15, 0.2) is 10.8 Å². The van der Waals surface area contributed by atoms with E-state index in [1.165, 1.54) is 16.9 Å². The minimum absolute atomic E-state index is 0.222. The Morgan fingerprint density at radius 2 is 2.24 bits per heavy atom. The maximum atomic E-state index is 12.2. The Kier molecular flexibility index (Phi) is 3.70. The van der Waals surface area contributed by atoms with Crippen molar-refractivity contribution >= 4 is 32.6 Å². The predicted molar refractivity (Wildman–Crippen MR) is 84.8 cm³/mol. The molecule has 21 heavy (non-hydrogen) atoms. The summed E-state index contributed by atoms with van der Waals surface area (Å²) in [6.45, 7) is 4.93. The standard InChI is InChI=1S/C15H16N4OS/c1-3-7-19-8-6-12(18-19)14(20)17-15-16-11-5-4-10(2)9-13(11)21-15/h4-6,8-9H,3,7H2,1-2H3,(H,16,17,20). The highest BCUT2D eigenvalue weighted by molar-refractivity contribution is 7.22. The number of amides is 1. The molecule has 2 heterocycles. The molecule has 2 aromatic heterocycles. The van der Waals surface area contributed by atoms with Gasteiger partial charge in [-0.2, -0.15) is 5.10 Å². The van der Waals surface area contributed by atoms with Crippen molar-refractivity contribution in [3.63, 3.8) is 0 Å². The van der Waals surface area contributed by atoms with Crippen molar-refractivity contribution in [2.45, 2.75) is 26.8 Å². The van der Waals surface area contributed by atoms with Crippen molar-refractivity contribution in [2.24, 2.45) is 0 Å². The lowest BCUT2D eigenvalue weighted by Crippen LogP contribution is -2.13. The van der Waals surface area contributed by atoms with Crippen molar-refractivity contribution in [1.29, 1.82) is 0 Å². The van der Waals surface area contributed by atoms with E-state index in [0.717, 1.165) is 23.2 Å². The monoisotopic (exact) mass is 300 g/mol. The van der Waals surface area contributed by atoms with Gasteiger partial charge in [-0.1, -0.05) is 24.3 Å². The van der Waals surface area contributed by atoms with Gasteiger partial charge in [0, 0.05) is 12.7 Å². The molecule has 1 aromatic carbocycles. The first-order valence-electron chi connectivity index (χ1n) is 6.87. The molecule has 0 atom stereocenters. The van der Waals surface area contributed by atoms with Gasteiger partial charge in [-0.15, -0.1) is 0 Å². The molecule has 0 spiro atoms. The van der Waals surface area contributed by atoms with Crippen LogP contribution < -0.4 is 5.32 Å². The fourth-order valence-corrected chi connectivity index (χ4v) is 3.04. The average molecular weight is 300 g/mol. The Labute approximate surface area is 126 Å². The van der Waals surface area contributed by atoms with Gasteiger partial charge < -0.3 is 0 Å². The summed E-state index contributed by atoms with van der Waals surface area (Å²) in [5.74, 6) is -0.222. The quantitative estimate of drug-likeness (QED) is 0.802. The number of aromatic nitrogens is 3. The Bertz CT molecular complexity index is 790. The number of anilines is 1.